The third-order valence-electron chi connectivity index (χ3n) is 3.21. The maximum atomic E-state index is 12.1. The number of fused-ring (bicyclic) bond motifs is 2. The van der Waals surface area contributed by atoms with Crippen LogP contribution in [0.4, 0.5) is 13.2 Å². The Morgan fingerprint density at radius 3 is 2.59 bits per heavy atom. The van der Waals surface area contributed by atoms with Crippen LogP contribution in [0.3, 0.4) is 0 Å². The second kappa shape index (κ2) is 3.88. The molecule has 0 N–H and O–H groups in total. The quantitative estimate of drug-likeness (QED) is 0.565. The number of likely N-dealkylation sites (N-methyl/N-ethyl adjacent to an activating group) is 1. The molecule has 1 saturated heterocycles. The summed E-state index contributed by atoms with van der Waals surface area (Å²) in [5, 5.41) is 0. The first-order valence-corrected chi connectivity index (χ1v) is 6.55. The molecule has 98 valence electrons. The Hall–Kier alpha value is -0.760. The van der Waals surface area contributed by atoms with Crippen molar-refractivity contribution in [1.29, 1.82) is 0 Å². The van der Waals surface area contributed by atoms with E-state index in [1.807, 2.05) is 11.9 Å². The number of halogens is 3. The highest BCUT2D eigenvalue weighted by Crippen LogP contribution is 2.36. The summed E-state index contributed by atoms with van der Waals surface area (Å²) in [7, 11) is -3.65. The fraction of sp³-hybridized carbons (Fsp3) is 0.778. The highest BCUT2D eigenvalue weighted by molar-refractivity contribution is 7.87. The van der Waals surface area contributed by atoms with Gasteiger partial charge in [0.2, 0.25) is 0 Å². The smallest absolute Gasteiger partial charge is 0.381 e. The molecule has 2 aliphatic rings. The molecule has 0 aliphatic carbocycles. The molecule has 2 bridgehead atoms. The van der Waals surface area contributed by atoms with E-state index in [1.54, 1.807) is 0 Å². The first-order valence-electron chi connectivity index (χ1n) is 5.14. The summed E-state index contributed by atoms with van der Waals surface area (Å²) >= 11 is 0. The van der Waals surface area contributed by atoms with Crippen LogP contribution in [-0.4, -0.2) is 38.0 Å². The van der Waals surface area contributed by atoms with Gasteiger partial charge in [0.25, 0.3) is 0 Å². The van der Waals surface area contributed by atoms with Gasteiger partial charge >= 0.3 is 15.6 Å². The second-order valence-corrected chi connectivity index (χ2v) is 5.82. The van der Waals surface area contributed by atoms with E-state index in [0.29, 0.717) is 0 Å². The van der Waals surface area contributed by atoms with Gasteiger partial charge in [0.1, 0.15) is 5.76 Å². The van der Waals surface area contributed by atoms with Crippen LogP contribution in [0.5, 0.6) is 0 Å². The molecule has 0 aromatic carbocycles. The van der Waals surface area contributed by atoms with Gasteiger partial charge in [0.05, 0.1) is 0 Å². The molecule has 2 heterocycles. The highest BCUT2D eigenvalue weighted by Gasteiger charge is 2.49. The van der Waals surface area contributed by atoms with E-state index in [0.717, 1.165) is 12.8 Å². The molecule has 17 heavy (non-hydrogen) atoms. The fourth-order valence-corrected chi connectivity index (χ4v) is 2.75. The van der Waals surface area contributed by atoms with Crippen LogP contribution in [0.15, 0.2) is 11.8 Å². The summed E-state index contributed by atoms with van der Waals surface area (Å²) < 4.78 is 62.2. The van der Waals surface area contributed by atoms with Crippen molar-refractivity contribution in [3.63, 3.8) is 0 Å². The Bertz CT molecular complexity index is 443. The zero-order chi connectivity index (χ0) is 12.8. The highest BCUT2D eigenvalue weighted by atomic mass is 32.2. The first-order chi connectivity index (χ1) is 7.71. The van der Waals surface area contributed by atoms with E-state index in [-0.39, 0.29) is 24.3 Å². The predicted octanol–water partition coefficient (Wildman–Crippen LogP) is 1.60. The number of alkyl halides is 3. The SMILES string of the molecule is CN1[C@@H]2CC[C@H]1C=C(OS(=O)(=O)C(F)(F)F)C2. The molecule has 0 aromatic heterocycles. The Labute approximate surface area is 97.2 Å². The molecule has 0 aromatic rings. The Kier molecular flexibility index (Phi) is 2.89. The van der Waals surface area contributed by atoms with Gasteiger partial charge in [-0.3, -0.25) is 4.90 Å². The summed E-state index contributed by atoms with van der Waals surface area (Å²) in [5.74, 6) is -0.0899. The lowest BCUT2D eigenvalue weighted by atomic mass is 10.1. The summed E-state index contributed by atoms with van der Waals surface area (Å²) in [6.07, 6.45) is 3.34. The van der Waals surface area contributed by atoms with Crippen molar-refractivity contribution in [2.24, 2.45) is 0 Å². The summed E-state index contributed by atoms with van der Waals surface area (Å²) in [5.41, 5.74) is -5.36. The average molecular weight is 271 g/mol. The zero-order valence-corrected chi connectivity index (χ0v) is 9.88. The summed E-state index contributed by atoms with van der Waals surface area (Å²) in [6.45, 7) is 0. The maximum absolute atomic E-state index is 12.1. The van der Waals surface area contributed by atoms with Crippen molar-refractivity contribution in [1.82, 2.24) is 4.90 Å². The Morgan fingerprint density at radius 2 is 2.06 bits per heavy atom. The average Bonchev–Trinajstić information content (AvgIpc) is 2.42. The third kappa shape index (κ3) is 2.28. The molecule has 0 spiro atoms. The molecule has 0 saturated carbocycles. The number of rotatable bonds is 2. The predicted molar refractivity (Wildman–Crippen MR) is 53.3 cm³/mol. The Morgan fingerprint density at radius 1 is 1.41 bits per heavy atom. The molecule has 2 atom stereocenters. The van der Waals surface area contributed by atoms with Crippen molar-refractivity contribution in [2.45, 2.75) is 36.9 Å². The van der Waals surface area contributed by atoms with Crippen LogP contribution in [0, 0.1) is 0 Å². The number of nitrogens with zero attached hydrogens (tertiary/aromatic N) is 1. The molecular weight excluding hydrogens is 259 g/mol. The maximum Gasteiger partial charge on any atom is 0.534 e. The van der Waals surface area contributed by atoms with Crippen molar-refractivity contribution in [2.75, 3.05) is 7.05 Å². The van der Waals surface area contributed by atoms with Crippen LogP contribution in [0.25, 0.3) is 0 Å². The molecule has 0 amide bonds. The zero-order valence-electron chi connectivity index (χ0n) is 9.07. The van der Waals surface area contributed by atoms with Crippen LogP contribution >= 0.6 is 0 Å². The Balaban J connectivity index is 2.15. The van der Waals surface area contributed by atoms with Gasteiger partial charge in [-0.15, -0.1) is 0 Å². The first kappa shape index (κ1) is 12.7. The van der Waals surface area contributed by atoms with E-state index in [9.17, 15) is 21.6 Å². The van der Waals surface area contributed by atoms with E-state index in [4.69, 9.17) is 0 Å². The minimum atomic E-state index is -5.52. The van der Waals surface area contributed by atoms with Crippen LogP contribution in [0.1, 0.15) is 19.3 Å². The van der Waals surface area contributed by atoms with Crippen LogP contribution < -0.4 is 0 Å². The van der Waals surface area contributed by atoms with Gasteiger partial charge in [0, 0.05) is 18.5 Å². The van der Waals surface area contributed by atoms with Crippen molar-refractivity contribution in [3.8, 4) is 0 Å². The monoisotopic (exact) mass is 271 g/mol. The number of hydrogen-bond acceptors (Lipinski definition) is 4. The fourth-order valence-electron chi connectivity index (χ4n) is 2.25. The molecular formula is C9H12F3NO3S. The van der Waals surface area contributed by atoms with E-state index < -0.39 is 15.6 Å². The van der Waals surface area contributed by atoms with Crippen molar-refractivity contribution in [3.05, 3.63) is 11.8 Å². The van der Waals surface area contributed by atoms with Crippen LogP contribution in [0.2, 0.25) is 0 Å². The minimum absolute atomic E-state index is 0.0211. The molecule has 1 fully saturated rings. The van der Waals surface area contributed by atoms with E-state index >= 15 is 0 Å². The van der Waals surface area contributed by atoms with Crippen LogP contribution in [-0.2, 0) is 14.3 Å². The molecule has 2 aliphatic heterocycles. The number of hydrogen-bond donors (Lipinski definition) is 0. The second-order valence-electron chi connectivity index (χ2n) is 4.28. The van der Waals surface area contributed by atoms with Crippen molar-refractivity contribution >= 4 is 10.1 Å². The normalized spacial score (nSPS) is 30.2. The standard InChI is InChI=1S/C9H12F3NO3S/c1-13-6-2-3-7(13)5-8(4-6)16-17(14,15)9(10,11)12/h4,6-7H,2-3,5H2,1H3/t6-,7+/m0/s1. The van der Waals surface area contributed by atoms with Gasteiger partial charge in [0.15, 0.2) is 0 Å². The summed E-state index contributed by atoms with van der Waals surface area (Å²) in [6, 6.07) is 0.0515. The van der Waals surface area contributed by atoms with Crippen molar-refractivity contribution < 1.29 is 25.8 Å². The molecule has 4 nitrogen and oxygen atoms in total. The molecule has 0 unspecified atom stereocenters. The lowest BCUT2D eigenvalue weighted by molar-refractivity contribution is -0.0526. The van der Waals surface area contributed by atoms with Gasteiger partial charge < -0.3 is 4.18 Å². The summed E-state index contributed by atoms with van der Waals surface area (Å²) in [4.78, 5) is 2.02. The van der Waals surface area contributed by atoms with E-state index in [2.05, 4.69) is 4.18 Å². The topological polar surface area (TPSA) is 46.6 Å². The largest absolute Gasteiger partial charge is 0.534 e. The lowest BCUT2D eigenvalue weighted by Gasteiger charge is -2.29. The molecule has 0 radical (unpaired) electrons. The van der Waals surface area contributed by atoms with E-state index in [1.165, 1.54) is 6.08 Å². The van der Waals surface area contributed by atoms with Gasteiger partial charge in [-0.2, -0.15) is 21.6 Å². The molecule has 8 heteroatoms. The minimum Gasteiger partial charge on any atom is -0.381 e. The lowest BCUT2D eigenvalue weighted by Crippen LogP contribution is -2.36. The van der Waals surface area contributed by atoms with Gasteiger partial charge in [-0.25, -0.2) is 0 Å². The van der Waals surface area contributed by atoms with Gasteiger partial charge in [-0.1, -0.05) is 0 Å². The molecule has 2 rings (SSSR count). The third-order valence-corrected chi connectivity index (χ3v) is 4.21. The van der Waals surface area contributed by atoms with Gasteiger partial charge in [-0.05, 0) is 26.0 Å².